The molecule has 38 heavy (non-hydrogen) atoms. The van der Waals surface area contributed by atoms with E-state index in [4.69, 9.17) is 0 Å². The second-order valence-corrected chi connectivity index (χ2v) is 9.52. The molecular formula is C31H33N3O4. The zero-order valence-electron chi connectivity index (χ0n) is 21.9. The van der Waals surface area contributed by atoms with Crippen LogP contribution < -0.4 is 5.32 Å². The van der Waals surface area contributed by atoms with Crippen molar-refractivity contribution in [2.24, 2.45) is 0 Å². The molecule has 0 fully saturated rings. The molecule has 7 nitrogen and oxygen atoms in total. The molecule has 1 aliphatic rings. The van der Waals surface area contributed by atoms with Gasteiger partial charge in [-0.3, -0.25) is 24.1 Å². The topological polar surface area (TPSA) is 86.8 Å². The minimum absolute atomic E-state index is 0.101. The average molecular weight is 512 g/mol. The molecule has 196 valence electrons. The summed E-state index contributed by atoms with van der Waals surface area (Å²) in [5.41, 5.74) is 3.74. The molecule has 3 aromatic rings. The third-order valence-corrected chi connectivity index (χ3v) is 6.71. The van der Waals surface area contributed by atoms with Gasteiger partial charge in [0, 0.05) is 32.5 Å². The second-order valence-electron chi connectivity index (χ2n) is 9.52. The number of hydrogen-bond acceptors (Lipinski definition) is 4. The Balaban J connectivity index is 1.53. The summed E-state index contributed by atoms with van der Waals surface area (Å²) in [4.78, 5) is 55.2. The van der Waals surface area contributed by atoms with Gasteiger partial charge in [-0.2, -0.15) is 0 Å². The molecule has 0 radical (unpaired) electrons. The van der Waals surface area contributed by atoms with Crippen LogP contribution in [0.3, 0.4) is 0 Å². The Hall–Kier alpha value is -4.26. The van der Waals surface area contributed by atoms with Crippen LogP contribution in [0.15, 0.2) is 78.9 Å². The fraction of sp³-hybridized carbons (Fsp3) is 0.290. The summed E-state index contributed by atoms with van der Waals surface area (Å²) < 4.78 is 0. The van der Waals surface area contributed by atoms with Crippen molar-refractivity contribution < 1.29 is 19.2 Å². The van der Waals surface area contributed by atoms with E-state index in [0.717, 1.165) is 16.7 Å². The summed E-state index contributed by atoms with van der Waals surface area (Å²) in [5, 5.41) is 2.89. The van der Waals surface area contributed by atoms with E-state index in [1.54, 1.807) is 29.2 Å². The predicted octanol–water partition coefficient (Wildman–Crippen LogP) is 4.15. The smallest absolute Gasteiger partial charge is 0.261 e. The number of amides is 4. The highest BCUT2D eigenvalue weighted by Crippen LogP contribution is 2.23. The molecule has 4 amide bonds. The molecule has 1 N–H and O–H groups in total. The zero-order valence-corrected chi connectivity index (χ0v) is 21.9. The zero-order chi connectivity index (χ0) is 27.1. The third-order valence-electron chi connectivity index (χ3n) is 6.71. The number of carbonyl (C=O) groups excluding carboxylic acids is 4. The van der Waals surface area contributed by atoms with Gasteiger partial charge in [0.1, 0.15) is 6.04 Å². The van der Waals surface area contributed by atoms with Crippen LogP contribution >= 0.6 is 0 Å². The lowest BCUT2D eigenvalue weighted by molar-refractivity contribution is -0.141. The number of fused-ring (bicyclic) bond motifs is 1. The molecule has 3 aromatic carbocycles. The summed E-state index contributed by atoms with van der Waals surface area (Å²) in [6.45, 7) is 4.72. The molecule has 0 spiro atoms. The normalized spacial score (nSPS) is 13.3. The van der Waals surface area contributed by atoms with Gasteiger partial charge in [0.2, 0.25) is 11.8 Å². The van der Waals surface area contributed by atoms with Gasteiger partial charge in [-0.1, -0.05) is 72.3 Å². The number of aryl methyl sites for hydroxylation is 1. The van der Waals surface area contributed by atoms with Crippen molar-refractivity contribution in [2.75, 3.05) is 13.1 Å². The van der Waals surface area contributed by atoms with Gasteiger partial charge in [0.15, 0.2) is 0 Å². The maximum atomic E-state index is 13.7. The number of benzene rings is 3. The number of likely N-dealkylation sites (N-methyl/N-ethyl adjacent to an activating group) is 1. The first kappa shape index (κ1) is 26.8. The minimum atomic E-state index is -0.704. The van der Waals surface area contributed by atoms with Gasteiger partial charge < -0.3 is 10.2 Å². The van der Waals surface area contributed by atoms with Crippen LogP contribution in [0.2, 0.25) is 0 Å². The average Bonchev–Trinajstić information content (AvgIpc) is 3.16. The molecule has 1 unspecified atom stereocenters. The molecular weight excluding hydrogens is 478 g/mol. The lowest BCUT2D eigenvalue weighted by Crippen LogP contribution is -2.50. The molecule has 4 rings (SSSR count). The van der Waals surface area contributed by atoms with Crippen molar-refractivity contribution in [3.63, 3.8) is 0 Å². The van der Waals surface area contributed by atoms with Crippen LogP contribution in [-0.4, -0.2) is 52.6 Å². The van der Waals surface area contributed by atoms with Crippen molar-refractivity contribution in [3.05, 3.63) is 107 Å². The Kier molecular flexibility index (Phi) is 8.69. The minimum Gasteiger partial charge on any atom is -0.355 e. The lowest BCUT2D eigenvalue weighted by atomic mass is 10.0. The standard InChI is InChI=1S/C31H33N3O4/c1-3-32-29(36)27(20-23-12-5-4-6-13-23)34(21-24-14-9-11-22(2)19-24)28(35)17-10-18-33-30(37)25-15-7-8-16-26(25)31(33)38/h4-9,11-16,19,27H,3,10,17-18,20-21H2,1-2H3,(H,32,36). The molecule has 0 saturated carbocycles. The lowest BCUT2D eigenvalue weighted by Gasteiger charge is -2.32. The van der Waals surface area contributed by atoms with E-state index in [0.29, 0.717) is 30.5 Å². The Bertz CT molecular complexity index is 1290. The molecule has 0 aliphatic carbocycles. The van der Waals surface area contributed by atoms with Gasteiger partial charge in [0.05, 0.1) is 11.1 Å². The van der Waals surface area contributed by atoms with Crippen LogP contribution in [0, 0.1) is 6.92 Å². The summed E-state index contributed by atoms with van der Waals surface area (Å²) >= 11 is 0. The van der Waals surface area contributed by atoms with Crippen molar-refractivity contribution in [1.29, 1.82) is 0 Å². The summed E-state index contributed by atoms with van der Waals surface area (Å²) in [6.07, 6.45) is 0.786. The van der Waals surface area contributed by atoms with E-state index in [9.17, 15) is 19.2 Å². The largest absolute Gasteiger partial charge is 0.355 e. The summed E-state index contributed by atoms with van der Waals surface area (Å²) in [7, 11) is 0. The summed E-state index contributed by atoms with van der Waals surface area (Å²) in [6, 6.07) is 23.6. The monoisotopic (exact) mass is 511 g/mol. The number of nitrogens with zero attached hydrogens (tertiary/aromatic N) is 2. The molecule has 1 heterocycles. The Morgan fingerprint density at radius 1 is 0.868 bits per heavy atom. The fourth-order valence-corrected chi connectivity index (χ4v) is 4.83. The van der Waals surface area contributed by atoms with E-state index in [2.05, 4.69) is 5.32 Å². The second kappa shape index (κ2) is 12.3. The maximum absolute atomic E-state index is 13.7. The quantitative estimate of drug-likeness (QED) is 0.392. The highest BCUT2D eigenvalue weighted by atomic mass is 16.2. The SMILES string of the molecule is CCNC(=O)C(Cc1ccccc1)N(Cc1cccc(C)c1)C(=O)CCCN1C(=O)c2ccccc2C1=O. The number of rotatable bonds is 11. The molecule has 1 aliphatic heterocycles. The van der Waals surface area contributed by atoms with Gasteiger partial charge in [-0.25, -0.2) is 0 Å². The Morgan fingerprint density at radius 3 is 2.13 bits per heavy atom. The molecule has 0 aromatic heterocycles. The van der Waals surface area contributed by atoms with E-state index >= 15 is 0 Å². The third kappa shape index (κ3) is 6.17. The highest BCUT2D eigenvalue weighted by molar-refractivity contribution is 6.21. The highest BCUT2D eigenvalue weighted by Gasteiger charge is 2.35. The molecule has 0 saturated heterocycles. The van der Waals surface area contributed by atoms with Crippen LogP contribution in [0.4, 0.5) is 0 Å². The van der Waals surface area contributed by atoms with Gasteiger partial charge in [-0.05, 0) is 43.5 Å². The fourth-order valence-electron chi connectivity index (χ4n) is 4.83. The van der Waals surface area contributed by atoms with Crippen molar-refractivity contribution in [2.45, 2.75) is 45.7 Å². The van der Waals surface area contributed by atoms with Gasteiger partial charge in [0.25, 0.3) is 11.8 Å². The van der Waals surface area contributed by atoms with Gasteiger partial charge in [-0.15, -0.1) is 0 Å². The van der Waals surface area contributed by atoms with Crippen molar-refractivity contribution in [3.8, 4) is 0 Å². The summed E-state index contributed by atoms with van der Waals surface area (Å²) in [5.74, 6) is -1.08. The molecule has 0 bridgehead atoms. The van der Waals surface area contributed by atoms with Gasteiger partial charge >= 0.3 is 0 Å². The molecule has 1 atom stereocenters. The van der Waals surface area contributed by atoms with Crippen LogP contribution in [0.25, 0.3) is 0 Å². The maximum Gasteiger partial charge on any atom is 0.261 e. The number of imide groups is 1. The predicted molar refractivity (Wildman–Crippen MR) is 145 cm³/mol. The first-order valence-electron chi connectivity index (χ1n) is 13.0. The van der Waals surface area contributed by atoms with E-state index in [-0.39, 0.29) is 43.1 Å². The molecule has 7 heteroatoms. The van der Waals surface area contributed by atoms with Crippen LogP contribution in [0.1, 0.15) is 57.2 Å². The van der Waals surface area contributed by atoms with E-state index in [1.165, 1.54) is 4.90 Å². The van der Waals surface area contributed by atoms with E-state index < -0.39 is 6.04 Å². The Morgan fingerprint density at radius 2 is 1.50 bits per heavy atom. The van der Waals surface area contributed by atoms with Crippen LogP contribution in [0.5, 0.6) is 0 Å². The number of nitrogens with one attached hydrogen (secondary N) is 1. The number of hydrogen-bond donors (Lipinski definition) is 1. The van der Waals surface area contributed by atoms with Crippen LogP contribution in [-0.2, 0) is 22.6 Å². The van der Waals surface area contributed by atoms with E-state index in [1.807, 2.05) is 68.4 Å². The first-order chi connectivity index (χ1) is 18.4. The van der Waals surface area contributed by atoms with Crippen molar-refractivity contribution >= 4 is 23.6 Å². The first-order valence-corrected chi connectivity index (χ1v) is 13.0. The Labute approximate surface area is 223 Å². The van der Waals surface area contributed by atoms with Crippen molar-refractivity contribution in [1.82, 2.24) is 15.1 Å². The number of carbonyl (C=O) groups is 4.